The smallest absolute Gasteiger partial charge is 0.330 e. The van der Waals surface area contributed by atoms with Gasteiger partial charge in [-0.05, 0) is 13.8 Å². The van der Waals surface area contributed by atoms with Crippen LogP contribution in [0.25, 0.3) is 0 Å². The normalized spacial score (nSPS) is 10.6. The molecule has 5 heteroatoms. The molecule has 4 nitrogen and oxygen atoms in total. The molecule has 0 aliphatic rings. The van der Waals surface area contributed by atoms with Crippen LogP contribution in [0.3, 0.4) is 0 Å². The molecule has 15 heavy (non-hydrogen) atoms. The monoisotopic (exact) mass is 278 g/mol. The third-order valence-electron chi connectivity index (χ3n) is 1.43. The van der Waals surface area contributed by atoms with Crippen LogP contribution in [0, 0.1) is 0 Å². The summed E-state index contributed by atoms with van der Waals surface area (Å²) in [6.45, 7) is 6.82. The Balaban J connectivity index is 3.76. The van der Waals surface area contributed by atoms with Gasteiger partial charge < -0.3 is 9.47 Å². The molecule has 0 saturated carbocycles. The molecule has 86 valence electrons. The minimum absolute atomic E-state index is 0.0159. The number of carbonyl (C=O) groups excluding carboxylic acids is 2. The second kappa shape index (κ2) is 6.61. The zero-order valence-electron chi connectivity index (χ0n) is 8.92. The summed E-state index contributed by atoms with van der Waals surface area (Å²) in [5.74, 6) is -0.932. The van der Waals surface area contributed by atoms with E-state index in [9.17, 15) is 9.59 Å². The molecule has 0 aromatic rings. The Morgan fingerprint density at radius 1 is 1.47 bits per heavy atom. The van der Waals surface area contributed by atoms with Crippen molar-refractivity contribution in [3.63, 3.8) is 0 Å². The number of hydrogen-bond donors (Lipinski definition) is 0. The van der Waals surface area contributed by atoms with E-state index in [0.717, 1.165) is 6.08 Å². The Morgan fingerprint density at radius 2 is 2.07 bits per heavy atom. The molecule has 0 atom stereocenters. The van der Waals surface area contributed by atoms with Gasteiger partial charge in [0.2, 0.25) is 0 Å². The van der Waals surface area contributed by atoms with Crippen LogP contribution in [0.15, 0.2) is 12.7 Å². The van der Waals surface area contributed by atoms with Crippen molar-refractivity contribution < 1.29 is 19.1 Å². The van der Waals surface area contributed by atoms with E-state index >= 15 is 0 Å². The molecule has 0 amide bonds. The molecular formula is C10H15BrO4. The quantitative estimate of drug-likeness (QED) is 0.423. The number of rotatable bonds is 6. The first-order chi connectivity index (χ1) is 6.91. The first-order valence-corrected chi connectivity index (χ1v) is 5.60. The Bertz CT molecular complexity index is 248. The van der Waals surface area contributed by atoms with Crippen LogP contribution >= 0.6 is 15.9 Å². The summed E-state index contributed by atoms with van der Waals surface area (Å²) in [7, 11) is 0. The van der Waals surface area contributed by atoms with Gasteiger partial charge in [0, 0.05) is 11.4 Å². The lowest BCUT2D eigenvalue weighted by molar-refractivity contribution is -0.156. The summed E-state index contributed by atoms with van der Waals surface area (Å²) in [4.78, 5) is 21.9. The van der Waals surface area contributed by atoms with Crippen molar-refractivity contribution in [2.24, 2.45) is 0 Å². The van der Waals surface area contributed by atoms with Gasteiger partial charge in [0.1, 0.15) is 12.2 Å². The highest BCUT2D eigenvalue weighted by atomic mass is 79.9. The summed E-state index contributed by atoms with van der Waals surface area (Å²) in [5.41, 5.74) is -0.542. The summed E-state index contributed by atoms with van der Waals surface area (Å²) in [6, 6.07) is 0. The van der Waals surface area contributed by atoms with Gasteiger partial charge in [-0.3, -0.25) is 4.79 Å². The molecule has 0 heterocycles. The lowest BCUT2D eigenvalue weighted by Gasteiger charge is -2.22. The molecule has 0 rings (SSSR count). The maximum Gasteiger partial charge on any atom is 0.330 e. The average Bonchev–Trinajstić information content (AvgIpc) is 2.16. The van der Waals surface area contributed by atoms with Crippen LogP contribution < -0.4 is 0 Å². The standard InChI is InChI=1S/C10H15BrO4/c1-4-8(12)14-6-5-9(13)15-10(2,3)7-11/h4H,1,5-7H2,2-3H3. The molecule has 0 fully saturated rings. The third-order valence-corrected chi connectivity index (χ3v) is 2.78. The number of carbonyl (C=O) groups is 2. The Labute approximate surface area is 97.8 Å². The van der Waals surface area contributed by atoms with Gasteiger partial charge in [-0.15, -0.1) is 0 Å². The zero-order chi connectivity index (χ0) is 11.9. The predicted molar refractivity (Wildman–Crippen MR) is 59.7 cm³/mol. The fraction of sp³-hybridized carbons (Fsp3) is 0.600. The SMILES string of the molecule is C=CC(=O)OCCC(=O)OC(C)(C)CBr. The molecule has 0 aliphatic heterocycles. The highest BCUT2D eigenvalue weighted by Crippen LogP contribution is 2.13. The average molecular weight is 279 g/mol. The highest BCUT2D eigenvalue weighted by molar-refractivity contribution is 9.09. The van der Waals surface area contributed by atoms with E-state index in [1.165, 1.54) is 0 Å². The number of alkyl halides is 1. The molecule has 0 saturated heterocycles. The molecule has 0 unspecified atom stereocenters. The van der Waals surface area contributed by atoms with Crippen LogP contribution in [0.5, 0.6) is 0 Å². The maximum atomic E-state index is 11.2. The zero-order valence-corrected chi connectivity index (χ0v) is 10.5. The number of esters is 2. The number of halogens is 1. The third kappa shape index (κ3) is 7.13. The van der Waals surface area contributed by atoms with E-state index in [2.05, 4.69) is 27.2 Å². The van der Waals surface area contributed by atoms with Crippen molar-refractivity contribution in [3.05, 3.63) is 12.7 Å². The first kappa shape index (κ1) is 14.2. The molecule has 0 bridgehead atoms. The fourth-order valence-corrected chi connectivity index (χ4v) is 0.795. The van der Waals surface area contributed by atoms with Crippen molar-refractivity contribution in [1.29, 1.82) is 0 Å². The molecule has 0 aromatic carbocycles. The largest absolute Gasteiger partial charge is 0.462 e. The number of ether oxygens (including phenoxy) is 2. The predicted octanol–water partition coefficient (Wildman–Crippen LogP) is 1.82. The molecule has 0 spiro atoms. The summed E-state index contributed by atoms with van der Waals surface area (Å²) < 4.78 is 9.74. The van der Waals surface area contributed by atoms with Crippen molar-refractivity contribution in [2.75, 3.05) is 11.9 Å². The van der Waals surface area contributed by atoms with Crippen LogP contribution in [-0.2, 0) is 19.1 Å². The molecule has 0 aromatic heterocycles. The van der Waals surface area contributed by atoms with Crippen LogP contribution in [-0.4, -0.2) is 29.5 Å². The topological polar surface area (TPSA) is 52.6 Å². The van der Waals surface area contributed by atoms with E-state index < -0.39 is 17.5 Å². The van der Waals surface area contributed by atoms with E-state index in [4.69, 9.17) is 4.74 Å². The van der Waals surface area contributed by atoms with Gasteiger partial charge >= 0.3 is 11.9 Å². The van der Waals surface area contributed by atoms with Crippen molar-refractivity contribution >= 4 is 27.9 Å². The van der Waals surface area contributed by atoms with Crippen molar-refractivity contribution in [3.8, 4) is 0 Å². The summed E-state index contributed by atoms with van der Waals surface area (Å²) in [5, 5.41) is 0.554. The summed E-state index contributed by atoms with van der Waals surface area (Å²) in [6.07, 6.45) is 1.10. The Morgan fingerprint density at radius 3 is 2.53 bits per heavy atom. The Hall–Kier alpha value is -0.840. The van der Waals surface area contributed by atoms with E-state index in [0.29, 0.717) is 5.33 Å². The van der Waals surface area contributed by atoms with Crippen molar-refractivity contribution in [1.82, 2.24) is 0 Å². The highest BCUT2D eigenvalue weighted by Gasteiger charge is 2.21. The van der Waals surface area contributed by atoms with E-state index in [1.807, 2.05) is 0 Å². The fourth-order valence-electron chi connectivity index (χ4n) is 0.680. The lowest BCUT2D eigenvalue weighted by Crippen LogP contribution is -2.30. The van der Waals surface area contributed by atoms with Gasteiger partial charge in [0.25, 0.3) is 0 Å². The van der Waals surface area contributed by atoms with Gasteiger partial charge in [0.15, 0.2) is 0 Å². The van der Waals surface area contributed by atoms with Gasteiger partial charge in [-0.2, -0.15) is 0 Å². The van der Waals surface area contributed by atoms with E-state index in [1.54, 1.807) is 13.8 Å². The van der Waals surface area contributed by atoms with Crippen LogP contribution in [0.1, 0.15) is 20.3 Å². The number of hydrogen-bond acceptors (Lipinski definition) is 4. The van der Waals surface area contributed by atoms with Gasteiger partial charge in [-0.25, -0.2) is 4.79 Å². The first-order valence-electron chi connectivity index (χ1n) is 4.48. The molecule has 0 aliphatic carbocycles. The Kier molecular flexibility index (Phi) is 6.24. The maximum absolute atomic E-state index is 11.2. The molecular weight excluding hydrogens is 264 g/mol. The summed E-state index contributed by atoms with van der Waals surface area (Å²) >= 11 is 3.23. The second-order valence-corrected chi connectivity index (χ2v) is 4.05. The molecule has 0 N–H and O–H groups in total. The minimum atomic E-state index is -0.542. The van der Waals surface area contributed by atoms with Gasteiger partial charge in [-0.1, -0.05) is 22.5 Å². The van der Waals surface area contributed by atoms with Crippen LogP contribution in [0.2, 0.25) is 0 Å². The minimum Gasteiger partial charge on any atom is -0.462 e. The van der Waals surface area contributed by atoms with Crippen LogP contribution in [0.4, 0.5) is 0 Å². The second-order valence-electron chi connectivity index (χ2n) is 3.49. The lowest BCUT2D eigenvalue weighted by atomic mass is 10.2. The van der Waals surface area contributed by atoms with E-state index in [-0.39, 0.29) is 13.0 Å². The van der Waals surface area contributed by atoms with Gasteiger partial charge in [0.05, 0.1) is 6.42 Å². The van der Waals surface area contributed by atoms with Crippen molar-refractivity contribution in [2.45, 2.75) is 25.9 Å². The molecule has 0 radical (unpaired) electrons.